The number of aryl methyl sites for hydroxylation is 2. The largest absolute Gasteiger partial charge is 0.357 e. The van der Waals surface area contributed by atoms with E-state index in [9.17, 15) is 0 Å². The number of hydrogen-bond donors (Lipinski definition) is 1. The second-order valence-corrected chi connectivity index (χ2v) is 5.61. The lowest BCUT2D eigenvalue weighted by Crippen LogP contribution is -2.39. The lowest BCUT2D eigenvalue weighted by molar-refractivity contribution is 0.494. The maximum absolute atomic E-state index is 4.79. The lowest BCUT2D eigenvalue weighted by atomic mass is 10.0. The minimum absolute atomic E-state index is 0.864. The van der Waals surface area contributed by atoms with Gasteiger partial charge in [-0.3, -0.25) is 4.99 Å². The monoisotopic (exact) mass is 273 g/mol. The molecule has 0 bridgehead atoms. The van der Waals surface area contributed by atoms with Crippen molar-refractivity contribution in [2.24, 2.45) is 4.99 Å². The highest BCUT2D eigenvalue weighted by Gasteiger charge is 2.15. The van der Waals surface area contributed by atoms with Gasteiger partial charge in [-0.15, -0.1) is 0 Å². The van der Waals surface area contributed by atoms with Crippen LogP contribution in [0.3, 0.4) is 0 Å². The van der Waals surface area contributed by atoms with Crippen LogP contribution >= 0.6 is 0 Å². The predicted molar refractivity (Wildman–Crippen MR) is 86.4 cm³/mol. The lowest BCUT2D eigenvalue weighted by Gasteiger charge is -2.20. The number of hydrogen-bond acceptors (Lipinski definition) is 1. The van der Waals surface area contributed by atoms with Crippen LogP contribution in [0, 0.1) is 13.8 Å². The Bertz CT molecular complexity index is 459. The van der Waals surface area contributed by atoms with Crippen molar-refractivity contribution in [1.29, 1.82) is 0 Å². The first kappa shape index (κ1) is 14.9. The van der Waals surface area contributed by atoms with Gasteiger partial charge in [0.15, 0.2) is 5.96 Å². The van der Waals surface area contributed by atoms with E-state index in [0.717, 1.165) is 38.6 Å². The van der Waals surface area contributed by atoms with Crippen molar-refractivity contribution >= 4 is 5.96 Å². The van der Waals surface area contributed by atoms with Gasteiger partial charge in [-0.1, -0.05) is 23.8 Å². The molecular weight excluding hydrogens is 246 g/mol. The van der Waals surface area contributed by atoms with Crippen molar-refractivity contribution < 1.29 is 0 Å². The van der Waals surface area contributed by atoms with Gasteiger partial charge in [-0.2, -0.15) is 0 Å². The zero-order valence-corrected chi connectivity index (χ0v) is 13.1. The molecule has 1 aliphatic rings. The smallest absolute Gasteiger partial charge is 0.193 e. The molecule has 0 aliphatic carbocycles. The molecule has 1 N–H and O–H groups in total. The quantitative estimate of drug-likeness (QED) is 0.675. The summed E-state index contributed by atoms with van der Waals surface area (Å²) in [6.07, 6.45) is 3.61. The molecule has 0 unspecified atom stereocenters. The van der Waals surface area contributed by atoms with Crippen LogP contribution in [-0.4, -0.2) is 37.0 Å². The zero-order chi connectivity index (χ0) is 14.4. The highest BCUT2D eigenvalue weighted by molar-refractivity contribution is 5.80. The molecule has 1 aromatic carbocycles. The van der Waals surface area contributed by atoms with E-state index < -0.39 is 0 Å². The topological polar surface area (TPSA) is 27.6 Å². The van der Waals surface area contributed by atoms with E-state index in [2.05, 4.69) is 49.2 Å². The van der Waals surface area contributed by atoms with Crippen LogP contribution < -0.4 is 5.32 Å². The summed E-state index contributed by atoms with van der Waals surface area (Å²) < 4.78 is 0. The molecule has 0 amide bonds. The van der Waals surface area contributed by atoms with E-state index in [-0.39, 0.29) is 0 Å². The van der Waals surface area contributed by atoms with Crippen molar-refractivity contribution in [3.63, 3.8) is 0 Å². The van der Waals surface area contributed by atoms with E-state index >= 15 is 0 Å². The molecule has 0 spiro atoms. The van der Waals surface area contributed by atoms with Gasteiger partial charge in [-0.05, 0) is 51.2 Å². The molecule has 1 heterocycles. The van der Waals surface area contributed by atoms with E-state index in [1.807, 2.05) is 0 Å². The maximum atomic E-state index is 4.79. The van der Waals surface area contributed by atoms with E-state index in [1.54, 1.807) is 0 Å². The summed E-state index contributed by atoms with van der Waals surface area (Å²) >= 11 is 0. The standard InChI is InChI=1S/C17H27N3/c1-4-18-17(20-11-5-6-12-20)19-10-9-16-8-7-14(2)13-15(16)3/h7-8,13H,4-6,9-12H2,1-3H3,(H,18,19). The molecule has 0 saturated carbocycles. The summed E-state index contributed by atoms with van der Waals surface area (Å²) in [5, 5.41) is 3.41. The third kappa shape index (κ3) is 3.99. The zero-order valence-electron chi connectivity index (χ0n) is 13.1. The SMILES string of the molecule is CCNC(=NCCc1ccc(C)cc1C)N1CCCC1. The Labute approximate surface area is 123 Å². The molecule has 20 heavy (non-hydrogen) atoms. The third-order valence-corrected chi connectivity index (χ3v) is 3.88. The molecule has 0 radical (unpaired) electrons. The molecule has 0 atom stereocenters. The Morgan fingerprint density at radius 1 is 1.25 bits per heavy atom. The molecule has 110 valence electrons. The van der Waals surface area contributed by atoms with Gasteiger partial charge >= 0.3 is 0 Å². The van der Waals surface area contributed by atoms with Gasteiger partial charge in [0.1, 0.15) is 0 Å². The average molecular weight is 273 g/mol. The van der Waals surface area contributed by atoms with Crippen molar-refractivity contribution in [3.05, 3.63) is 34.9 Å². The number of guanidine groups is 1. The maximum Gasteiger partial charge on any atom is 0.193 e. The van der Waals surface area contributed by atoms with Crippen molar-refractivity contribution in [1.82, 2.24) is 10.2 Å². The van der Waals surface area contributed by atoms with Crippen molar-refractivity contribution in [2.45, 2.75) is 40.0 Å². The minimum Gasteiger partial charge on any atom is -0.357 e. The molecule has 3 nitrogen and oxygen atoms in total. The van der Waals surface area contributed by atoms with Crippen LogP contribution in [0.4, 0.5) is 0 Å². The number of benzene rings is 1. The molecule has 1 fully saturated rings. The fraction of sp³-hybridized carbons (Fsp3) is 0.588. The Morgan fingerprint density at radius 2 is 2.00 bits per heavy atom. The van der Waals surface area contributed by atoms with Gasteiger partial charge in [0, 0.05) is 26.2 Å². The third-order valence-electron chi connectivity index (χ3n) is 3.88. The summed E-state index contributed by atoms with van der Waals surface area (Å²) in [5.41, 5.74) is 4.13. The van der Waals surface area contributed by atoms with Gasteiger partial charge < -0.3 is 10.2 Å². The van der Waals surface area contributed by atoms with Gasteiger partial charge in [-0.25, -0.2) is 0 Å². The van der Waals surface area contributed by atoms with Crippen molar-refractivity contribution in [2.75, 3.05) is 26.2 Å². The number of aliphatic imine (C=N–C) groups is 1. The molecular formula is C17H27N3. The van der Waals surface area contributed by atoms with Crippen molar-refractivity contribution in [3.8, 4) is 0 Å². The number of rotatable bonds is 4. The van der Waals surface area contributed by atoms with Gasteiger partial charge in [0.05, 0.1) is 0 Å². The Balaban J connectivity index is 1.95. The van der Waals surface area contributed by atoms with Crippen LogP contribution in [0.25, 0.3) is 0 Å². The highest BCUT2D eigenvalue weighted by atomic mass is 15.3. The van der Waals surface area contributed by atoms with Crippen LogP contribution in [0.15, 0.2) is 23.2 Å². The van der Waals surface area contributed by atoms with Crippen LogP contribution in [0.2, 0.25) is 0 Å². The molecule has 1 aliphatic heterocycles. The molecule has 1 aromatic rings. The molecule has 3 heteroatoms. The van der Waals surface area contributed by atoms with E-state index in [1.165, 1.54) is 29.5 Å². The van der Waals surface area contributed by atoms with E-state index in [0.29, 0.717) is 0 Å². The normalized spacial score (nSPS) is 15.8. The molecule has 1 saturated heterocycles. The highest BCUT2D eigenvalue weighted by Crippen LogP contribution is 2.12. The summed E-state index contributed by atoms with van der Waals surface area (Å²) in [6, 6.07) is 6.69. The van der Waals surface area contributed by atoms with Crippen LogP contribution in [-0.2, 0) is 6.42 Å². The first-order chi connectivity index (χ1) is 9.70. The average Bonchev–Trinajstić information content (AvgIpc) is 2.94. The predicted octanol–water partition coefficient (Wildman–Crippen LogP) is 2.91. The van der Waals surface area contributed by atoms with Crippen LogP contribution in [0.1, 0.15) is 36.5 Å². The summed E-state index contributed by atoms with van der Waals surface area (Å²) in [5.74, 6) is 1.09. The molecule has 2 rings (SSSR count). The summed E-state index contributed by atoms with van der Waals surface area (Å²) in [7, 11) is 0. The Morgan fingerprint density at radius 3 is 2.65 bits per heavy atom. The first-order valence-electron chi connectivity index (χ1n) is 7.80. The second kappa shape index (κ2) is 7.32. The fourth-order valence-electron chi connectivity index (χ4n) is 2.76. The Hall–Kier alpha value is -1.51. The summed E-state index contributed by atoms with van der Waals surface area (Å²) in [6.45, 7) is 10.6. The Kier molecular flexibility index (Phi) is 5.45. The number of nitrogens with zero attached hydrogens (tertiary/aromatic N) is 2. The number of nitrogens with one attached hydrogen (secondary N) is 1. The second-order valence-electron chi connectivity index (χ2n) is 5.61. The van der Waals surface area contributed by atoms with Gasteiger partial charge in [0.25, 0.3) is 0 Å². The van der Waals surface area contributed by atoms with Gasteiger partial charge in [0.2, 0.25) is 0 Å². The first-order valence-corrected chi connectivity index (χ1v) is 7.80. The molecule has 0 aromatic heterocycles. The van der Waals surface area contributed by atoms with Crippen LogP contribution in [0.5, 0.6) is 0 Å². The van der Waals surface area contributed by atoms with E-state index in [4.69, 9.17) is 4.99 Å². The summed E-state index contributed by atoms with van der Waals surface area (Å²) in [4.78, 5) is 7.17. The number of likely N-dealkylation sites (tertiary alicyclic amines) is 1. The fourth-order valence-corrected chi connectivity index (χ4v) is 2.76. The minimum atomic E-state index is 0.864.